The van der Waals surface area contributed by atoms with Crippen LogP contribution in [0.3, 0.4) is 0 Å². The van der Waals surface area contributed by atoms with Crippen LogP contribution in [0.2, 0.25) is 0 Å². The van der Waals surface area contributed by atoms with E-state index in [0.717, 1.165) is 5.56 Å². The number of aromatic nitrogens is 2. The number of carbonyl (C=O) groups is 1. The van der Waals surface area contributed by atoms with E-state index in [1.165, 1.54) is 14.0 Å². The maximum absolute atomic E-state index is 11.0. The Hall–Kier alpha value is -1.16. The van der Waals surface area contributed by atoms with Crippen LogP contribution >= 0.6 is 0 Å². The highest BCUT2D eigenvalue weighted by Gasteiger charge is 2.16. The monoisotopic (exact) mass is 168 g/mol. The highest BCUT2D eigenvalue weighted by molar-refractivity contribution is 5.81. The van der Waals surface area contributed by atoms with Crippen molar-refractivity contribution >= 4 is 5.78 Å². The van der Waals surface area contributed by atoms with Gasteiger partial charge in [-0.25, -0.2) is 0 Å². The third kappa shape index (κ3) is 1.71. The standard InChI is InChI=1S/C8H12N2O2/c1-6(11)8(12-3)7-4-9-10(2)5-7/h4-5,8H,1-3H3. The Morgan fingerprint density at radius 3 is 2.75 bits per heavy atom. The molecule has 4 heteroatoms. The van der Waals surface area contributed by atoms with E-state index in [9.17, 15) is 4.79 Å². The molecule has 0 radical (unpaired) electrons. The molecule has 0 N–H and O–H groups in total. The van der Waals surface area contributed by atoms with Crippen molar-refractivity contribution in [3.05, 3.63) is 18.0 Å². The second-order valence-corrected chi connectivity index (χ2v) is 2.67. The highest BCUT2D eigenvalue weighted by Crippen LogP contribution is 2.15. The van der Waals surface area contributed by atoms with Crippen molar-refractivity contribution in [1.29, 1.82) is 0 Å². The zero-order valence-electron chi connectivity index (χ0n) is 7.44. The highest BCUT2D eigenvalue weighted by atomic mass is 16.5. The molecule has 1 aromatic rings. The minimum atomic E-state index is -0.473. The molecule has 1 rings (SSSR count). The number of rotatable bonds is 3. The molecule has 4 nitrogen and oxygen atoms in total. The van der Waals surface area contributed by atoms with Gasteiger partial charge in [0.15, 0.2) is 5.78 Å². The van der Waals surface area contributed by atoms with Crippen molar-refractivity contribution in [2.45, 2.75) is 13.0 Å². The molecule has 0 aliphatic heterocycles. The summed E-state index contributed by atoms with van der Waals surface area (Å²) in [6.45, 7) is 1.50. The second-order valence-electron chi connectivity index (χ2n) is 2.67. The molecule has 1 unspecified atom stereocenters. The van der Waals surface area contributed by atoms with E-state index in [1.54, 1.807) is 24.1 Å². The molecule has 0 saturated carbocycles. The fourth-order valence-corrected chi connectivity index (χ4v) is 1.11. The van der Waals surface area contributed by atoms with Gasteiger partial charge in [-0.2, -0.15) is 5.10 Å². The number of methoxy groups -OCH3 is 1. The normalized spacial score (nSPS) is 12.9. The third-order valence-corrected chi connectivity index (χ3v) is 1.63. The Morgan fingerprint density at radius 1 is 1.75 bits per heavy atom. The van der Waals surface area contributed by atoms with Gasteiger partial charge < -0.3 is 4.74 Å². The summed E-state index contributed by atoms with van der Waals surface area (Å²) < 4.78 is 6.65. The Kier molecular flexibility index (Phi) is 2.60. The van der Waals surface area contributed by atoms with Crippen LogP contribution in [0.25, 0.3) is 0 Å². The van der Waals surface area contributed by atoms with Crippen LogP contribution in [-0.2, 0) is 16.6 Å². The Bertz CT molecular complexity index is 280. The van der Waals surface area contributed by atoms with Crippen LogP contribution in [0.15, 0.2) is 12.4 Å². The average molecular weight is 168 g/mol. The van der Waals surface area contributed by atoms with E-state index in [2.05, 4.69) is 5.10 Å². The summed E-state index contributed by atoms with van der Waals surface area (Å²) in [4.78, 5) is 11.0. The first kappa shape index (κ1) is 8.93. The molecule has 0 saturated heterocycles. The Balaban J connectivity index is 2.87. The summed E-state index contributed by atoms with van der Waals surface area (Å²) in [7, 11) is 3.31. The lowest BCUT2D eigenvalue weighted by molar-refractivity contribution is -0.126. The van der Waals surface area contributed by atoms with Gasteiger partial charge in [-0.1, -0.05) is 0 Å². The zero-order chi connectivity index (χ0) is 9.14. The van der Waals surface area contributed by atoms with E-state index in [4.69, 9.17) is 4.74 Å². The number of hydrogen-bond donors (Lipinski definition) is 0. The van der Waals surface area contributed by atoms with Crippen LogP contribution in [0.4, 0.5) is 0 Å². The molecule has 0 amide bonds. The van der Waals surface area contributed by atoms with Gasteiger partial charge in [0.2, 0.25) is 0 Å². The summed E-state index contributed by atoms with van der Waals surface area (Å²) in [6.07, 6.45) is 2.93. The SMILES string of the molecule is COC(C(C)=O)c1cnn(C)c1. The van der Waals surface area contributed by atoms with Gasteiger partial charge in [-0.3, -0.25) is 9.48 Å². The summed E-state index contributed by atoms with van der Waals surface area (Å²) in [5.41, 5.74) is 0.799. The maximum Gasteiger partial charge on any atom is 0.163 e. The first-order chi connectivity index (χ1) is 5.65. The van der Waals surface area contributed by atoms with Crippen molar-refractivity contribution in [3.63, 3.8) is 0 Å². The number of carbonyl (C=O) groups excluding carboxylic acids is 1. The van der Waals surface area contributed by atoms with Crippen molar-refractivity contribution in [2.75, 3.05) is 7.11 Å². The van der Waals surface area contributed by atoms with Crippen LogP contribution in [0.5, 0.6) is 0 Å². The Morgan fingerprint density at radius 2 is 2.42 bits per heavy atom. The molecule has 0 aliphatic carbocycles. The smallest absolute Gasteiger partial charge is 0.163 e. The van der Waals surface area contributed by atoms with E-state index >= 15 is 0 Å². The van der Waals surface area contributed by atoms with E-state index < -0.39 is 6.10 Å². The number of ketones is 1. The third-order valence-electron chi connectivity index (χ3n) is 1.63. The van der Waals surface area contributed by atoms with Gasteiger partial charge in [0.25, 0.3) is 0 Å². The predicted molar refractivity (Wildman–Crippen MR) is 43.6 cm³/mol. The molecule has 1 atom stereocenters. The van der Waals surface area contributed by atoms with Crippen LogP contribution < -0.4 is 0 Å². The predicted octanol–water partition coefficient (Wildman–Crippen LogP) is 0.697. The number of nitrogens with zero attached hydrogens (tertiary/aromatic N) is 2. The van der Waals surface area contributed by atoms with Crippen molar-refractivity contribution < 1.29 is 9.53 Å². The number of Topliss-reactive ketones (excluding diaryl/α,β-unsaturated/α-hetero) is 1. The van der Waals surface area contributed by atoms with Gasteiger partial charge >= 0.3 is 0 Å². The van der Waals surface area contributed by atoms with Gasteiger partial charge in [-0.15, -0.1) is 0 Å². The molecule has 66 valence electrons. The lowest BCUT2D eigenvalue weighted by Crippen LogP contribution is -2.09. The molecule has 0 spiro atoms. The molecule has 1 heterocycles. The second kappa shape index (κ2) is 3.49. The molecule has 0 fully saturated rings. The van der Waals surface area contributed by atoms with Crippen molar-refractivity contribution in [2.24, 2.45) is 7.05 Å². The summed E-state index contributed by atoms with van der Waals surface area (Å²) >= 11 is 0. The summed E-state index contributed by atoms with van der Waals surface area (Å²) in [6, 6.07) is 0. The van der Waals surface area contributed by atoms with E-state index in [1.807, 2.05) is 0 Å². The van der Waals surface area contributed by atoms with Crippen LogP contribution in [0.1, 0.15) is 18.6 Å². The molecule has 1 aromatic heterocycles. The number of aryl methyl sites for hydroxylation is 1. The fourth-order valence-electron chi connectivity index (χ4n) is 1.11. The average Bonchev–Trinajstić information content (AvgIpc) is 2.37. The van der Waals surface area contributed by atoms with E-state index in [-0.39, 0.29) is 5.78 Å². The largest absolute Gasteiger partial charge is 0.369 e. The van der Waals surface area contributed by atoms with Crippen molar-refractivity contribution in [1.82, 2.24) is 9.78 Å². The number of ether oxygens (including phenoxy) is 1. The quantitative estimate of drug-likeness (QED) is 0.667. The minimum absolute atomic E-state index is 0.00880. The fraction of sp³-hybridized carbons (Fsp3) is 0.500. The lowest BCUT2D eigenvalue weighted by atomic mass is 10.1. The molecular weight excluding hydrogens is 156 g/mol. The first-order valence-electron chi connectivity index (χ1n) is 3.67. The van der Waals surface area contributed by atoms with Crippen LogP contribution in [0, 0.1) is 0 Å². The molecule has 12 heavy (non-hydrogen) atoms. The first-order valence-corrected chi connectivity index (χ1v) is 3.67. The molecule has 0 bridgehead atoms. The van der Waals surface area contributed by atoms with Crippen molar-refractivity contribution in [3.8, 4) is 0 Å². The maximum atomic E-state index is 11.0. The van der Waals surface area contributed by atoms with E-state index in [0.29, 0.717) is 0 Å². The Labute approximate surface area is 71.1 Å². The zero-order valence-corrected chi connectivity index (χ0v) is 7.44. The lowest BCUT2D eigenvalue weighted by Gasteiger charge is -2.07. The summed E-state index contributed by atoms with van der Waals surface area (Å²) in [5, 5.41) is 3.95. The van der Waals surface area contributed by atoms with Crippen LogP contribution in [-0.4, -0.2) is 22.7 Å². The molecule has 0 aliphatic rings. The van der Waals surface area contributed by atoms with Gasteiger partial charge in [0.05, 0.1) is 6.20 Å². The van der Waals surface area contributed by atoms with Gasteiger partial charge in [0.1, 0.15) is 6.10 Å². The van der Waals surface area contributed by atoms with Gasteiger partial charge in [0, 0.05) is 25.9 Å². The molecular formula is C8H12N2O2. The summed E-state index contributed by atoms with van der Waals surface area (Å²) in [5.74, 6) is -0.00880. The number of hydrogen-bond acceptors (Lipinski definition) is 3. The molecule has 0 aromatic carbocycles. The minimum Gasteiger partial charge on any atom is -0.369 e. The van der Waals surface area contributed by atoms with Gasteiger partial charge in [-0.05, 0) is 6.92 Å². The topological polar surface area (TPSA) is 44.1 Å².